The van der Waals surface area contributed by atoms with Crippen LogP contribution in [0.3, 0.4) is 0 Å². The minimum atomic E-state index is -3.19. The number of aryl methyl sites for hydroxylation is 1. The minimum Gasteiger partial charge on any atom is -0.497 e. The first-order valence-corrected chi connectivity index (χ1v) is 12.5. The van der Waals surface area contributed by atoms with Gasteiger partial charge in [0.25, 0.3) is 0 Å². The summed E-state index contributed by atoms with van der Waals surface area (Å²) in [5.74, 6) is 2.38. The molecule has 0 N–H and O–H groups in total. The minimum absolute atomic E-state index is 0.449. The lowest BCUT2D eigenvalue weighted by Crippen LogP contribution is -2.49. The van der Waals surface area contributed by atoms with E-state index in [1.807, 2.05) is 49.4 Å². The zero-order valence-electron chi connectivity index (χ0n) is 18.7. The summed E-state index contributed by atoms with van der Waals surface area (Å²) in [6.07, 6.45) is 1.95. The molecular weight excluding hydrogens is 424 g/mol. The smallest absolute Gasteiger partial charge is 0.211 e. The molecule has 0 aliphatic carbocycles. The largest absolute Gasteiger partial charge is 0.497 e. The molecule has 1 saturated heterocycles. The third kappa shape index (κ3) is 4.92. The number of methoxy groups -OCH3 is 1. The third-order valence-electron chi connectivity index (χ3n) is 5.77. The number of hydrogen-bond acceptors (Lipinski definition) is 6. The van der Waals surface area contributed by atoms with Gasteiger partial charge in [0, 0.05) is 49.4 Å². The molecule has 0 atom stereocenters. The Bertz CT molecular complexity index is 1170. The first-order valence-electron chi connectivity index (χ1n) is 10.6. The second-order valence-electron chi connectivity index (χ2n) is 7.97. The van der Waals surface area contributed by atoms with E-state index in [0.29, 0.717) is 38.4 Å². The molecule has 0 unspecified atom stereocenters. The van der Waals surface area contributed by atoms with Crippen LogP contribution in [0.1, 0.15) is 16.8 Å². The number of rotatable bonds is 6. The van der Waals surface area contributed by atoms with E-state index >= 15 is 0 Å². The number of sulfonamides is 1. The summed E-state index contributed by atoms with van der Waals surface area (Å²) in [6.45, 7) is 4.10. The molecular formula is C24H28N4O3S. The highest BCUT2D eigenvalue weighted by molar-refractivity contribution is 7.88. The number of hydrogen-bond donors (Lipinski definition) is 0. The van der Waals surface area contributed by atoms with Crippen molar-refractivity contribution in [1.29, 1.82) is 0 Å². The summed E-state index contributed by atoms with van der Waals surface area (Å²) in [6, 6.07) is 17.9. The molecule has 0 amide bonds. The highest BCUT2D eigenvalue weighted by Crippen LogP contribution is 2.29. The van der Waals surface area contributed by atoms with E-state index in [9.17, 15) is 8.42 Å². The molecule has 2 heterocycles. The first kappa shape index (κ1) is 22.2. The Morgan fingerprint density at radius 1 is 0.938 bits per heavy atom. The van der Waals surface area contributed by atoms with Gasteiger partial charge in [-0.3, -0.25) is 0 Å². The maximum absolute atomic E-state index is 12.0. The molecule has 1 aliphatic rings. The van der Waals surface area contributed by atoms with Crippen molar-refractivity contribution in [2.75, 3.05) is 44.4 Å². The predicted molar refractivity (Wildman–Crippen MR) is 127 cm³/mol. The summed E-state index contributed by atoms with van der Waals surface area (Å²) >= 11 is 0. The van der Waals surface area contributed by atoms with Crippen molar-refractivity contribution < 1.29 is 13.2 Å². The first-order chi connectivity index (χ1) is 15.3. The molecule has 32 heavy (non-hydrogen) atoms. The second kappa shape index (κ2) is 9.26. The maximum Gasteiger partial charge on any atom is 0.211 e. The van der Waals surface area contributed by atoms with E-state index in [4.69, 9.17) is 14.7 Å². The highest BCUT2D eigenvalue weighted by Gasteiger charge is 2.26. The molecule has 8 heteroatoms. The van der Waals surface area contributed by atoms with Crippen molar-refractivity contribution in [2.45, 2.75) is 13.3 Å². The Labute approximate surface area is 189 Å². The standard InChI is InChI=1S/C24H28N4O3S/c1-18-22(17-19-9-11-21(31-2)12-10-19)24(26-23(25-18)20-7-5-4-6-8-20)27-13-15-28(16-14-27)32(3,29)30/h4-12H,13-17H2,1-3H3. The van der Waals surface area contributed by atoms with Crippen molar-refractivity contribution in [3.05, 3.63) is 71.4 Å². The summed E-state index contributed by atoms with van der Waals surface area (Å²) in [5.41, 5.74) is 4.08. The molecule has 1 aromatic heterocycles. The molecule has 2 aromatic carbocycles. The summed E-state index contributed by atoms with van der Waals surface area (Å²) < 4.78 is 30.7. The summed E-state index contributed by atoms with van der Waals surface area (Å²) in [5, 5.41) is 0. The van der Waals surface area contributed by atoms with E-state index in [2.05, 4.69) is 17.0 Å². The lowest BCUT2D eigenvalue weighted by molar-refractivity contribution is 0.386. The van der Waals surface area contributed by atoms with E-state index in [-0.39, 0.29) is 0 Å². The van der Waals surface area contributed by atoms with E-state index < -0.39 is 10.0 Å². The van der Waals surface area contributed by atoms with Crippen molar-refractivity contribution >= 4 is 15.8 Å². The van der Waals surface area contributed by atoms with Gasteiger partial charge in [0.1, 0.15) is 11.6 Å². The topological polar surface area (TPSA) is 75.6 Å². The van der Waals surface area contributed by atoms with Crippen LogP contribution in [0.4, 0.5) is 5.82 Å². The number of aromatic nitrogens is 2. The molecule has 4 rings (SSSR count). The molecule has 0 saturated carbocycles. The van der Waals surface area contributed by atoms with Crippen LogP contribution >= 0.6 is 0 Å². The number of piperazine rings is 1. The zero-order valence-corrected chi connectivity index (χ0v) is 19.5. The fourth-order valence-electron chi connectivity index (χ4n) is 3.94. The van der Waals surface area contributed by atoms with Crippen LogP contribution in [-0.4, -0.2) is 62.2 Å². The van der Waals surface area contributed by atoms with Gasteiger partial charge in [-0.2, -0.15) is 4.31 Å². The molecule has 0 radical (unpaired) electrons. The zero-order chi connectivity index (χ0) is 22.7. The molecule has 0 spiro atoms. The van der Waals surface area contributed by atoms with Crippen molar-refractivity contribution in [1.82, 2.24) is 14.3 Å². The van der Waals surface area contributed by atoms with Crippen molar-refractivity contribution in [3.8, 4) is 17.1 Å². The van der Waals surface area contributed by atoms with Gasteiger partial charge in [-0.05, 0) is 24.6 Å². The Balaban J connectivity index is 1.71. The Morgan fingerprint density at radius 2 is 1.59 bits per heavy atom. The van der Waals surface area contributed by atoms with Crippen LogP contribution in [-0.2, 0) is 16.4 Å². The van der Waals surface area contributed by atoms with Gasteiger partial charge in [-0.15, -0.1) is 0 Å². The van der Waals surface area contributed by atoms with Crippen LogP contribution in [0.5, 0.6) is 5.75 Å². The third-order valence-corrected chi connectivity index (χ3v) is 7.07. The molecule has 168 valence electrons. The van der Waals surface area contributed by atoms with Gasteiger partial charge in [0.05, 0.1) is 13.4 Å². The number of anilines is 1. The molecule has 0 bridgehead atoms. The van der Waals surface area contributed by atoms with Gasteiger partial charge in [0.2, 0.25) is 10.0 Å². The van der Waals surface area contributed by atoms with Crippen LogP contribution in [0.15, 0.2) is 54.6 Å². The molecule has 3 aromatic rings. The molecule has 1 fully saturated rings. The Kier molecular flexibility index (Phi) is 6.43. The van der Waals surface area contributed by atoms with Crippen LogP contribution in [0, 0.1) is 6.92 Å². The van der Waals surface area contributed by atoms with Gasteiger partial charge < -0.3 is 9.64 Å². The SMILES string of the molecule is COc1ccc(Cc2c(C)nc(-c3ccccc3)nc2N2CCN(S(C)(=O)=O)CC2)cc1. The predicted octanol–water partition coefficient (Wildman–Crippen LogP) is 3.13. The average molecular weight is 453 g/mol. The fourth-order valence-corrected chi connectivity index (χ4v) is 4.77. The van der Waals surface area contributed by atoms with Crippen LogP contribution in [0.25, 0.3) is 11.4 Å². The summed E-state index contributed by atoms with van der Waals surface area (Å²) in [7, 11) is -1.54. The van der Waals surface area contributed by atoms with E-state index in [0.717, 1.165) is 34.0 Å². The van der Waals surface area contributed by atoms with Gasteiger partial charge in [-0.25, -0.2) is 18.4 Å². The lowest BCUT2D eigenvalue weighted by Gasteiger charge is -2.35. The van der Waals surface area contributed by atoms with E-state index in [1.165, 1.54) is 10.6 Å². The summed E-state index contributed by atoms with van der Waals surface area (Å²) in [4.78, 5) is 12.0. The van der Waals surface area contributed by atoms with Crippen molar-refractivity contribution in [2.24, 2.45) is 0 Å². The maximum atomic E-state index is 12.0. The molecule has 7 nitrogen and oxygen atoms in total. The second-order valence-corrected chi connectivity index (χ2v) is 9.96. The quantitative estimate of drug-likeness (QED) is 0.572. The molecule has 1 aliphatic heterocycles. The van der Waals surface area contributed by atoms with Crippen LogP contribution in [0.2, 0.25) is 0 Å². The van der Waals surface area contributed by atoms with E-state index in [1.54, 1.807) is 7.11 Å². The van der Waals surface area contributed by atoms with Gasteiger partial charge >= 0.3 is 0 Å². The van der Waals surface area contributed by atoms with Gasteiger partial charge in [0.15, 0.2) is 5.82 Å². The van der Waals surface area contributed by atoms with Gasteiger partial charge in [-0.1, -0.05) is 42.5 Å². The van der Waals surface area contributed by atoms with Crippen molar-refractivity contribution in [3.63, 3.8) is 0 Å². The fraction of sp³-hybridized carbons (Fsp3) is 0.333. The Hall–Kier alpha value is -2.97. The number of benzene rings is 2. The normalized spacial score (nSPS) is 15.0. The monoisotopic (exact) mass is 452 g/mol. The number of nitrogens with zero attached hydrogens (tertiary/aromatic N) is 4. The Morgan fingerprint density at radius 3 is 2.19 bits per heavy atom. The number of ether oxygens (including phenoxy) is 1. The highest BCUT2D eigenvalue weighted by atomic mass is 32.2. The lowest BCUT2D eigenvalue weighted by atomic mass is 10.0. The van der Waals surface area contributed by atoms with Crippen LogP contribution < -0.4 is 9.64 Å². The average Bonchev–Trinajstić information content (AvgIpc) is 2.81.